The van der Waals surface area contributed by atoms with E-state index in [9.17, 15) is 8.78 Å². The van der Waals surface area contributed by atoms with Gasteiger partial charge < -0.3 is 0 Å². The van der Waals surface area contributed by atoms with Gasteiger partial charge in [-0.2, -0.15) is 0 Å². The van der Waals surface area contributed by atoms with Crippen molar-refractivity contribution in [2.75, 3.05) is 0 Å². The van der Waals surface area contributed by atoms with Gasteiger partial charge in [0.05, 0.1) is 10.8 Å². The molecule has 0 saturated heterocycles. The van der Waals surface area contributed by atoms with Gasteiger partial charge in [0.25, 0.3) is 0 Å². The van der Waals surface area contributed by atoms with Crippen LogP contribution in [0.25, 0.3) is 0 Å². The average Bonchev–Trinajstić information content (AvgIpc) is 2.27. The molecule has 0 amide bonds. The third-order valence-electron chi connectivity index (χ3n) is 3.36. The first-order chi connectivity index (χ1) is 8.17. The maximum absolute atomic E-state index is 13.9. The number of hydrogen-bond donors (Lipinski definition) is 0. The topological polar surface area (TPSA) is 0 Å². The second-order valence-electron chi connectivity index (χ2n) is 6.21. The van der Waals surface area contributed by atoms with Crippen LogP contribution in [0.2, 0.25) is 0 Å². The standard InChI is InChI=1S/C16H28F2/c1-7-9-13(17)15(3,4)11-12-16(5,6)14(18)10-8-2/h13-14H,7-10H2,1-6H3. The molecule has 0 radical (unpaired) electrons. The lowest BCUT2D eigenvalue weighted by molar-refractivity contribution is 0.177. The largest absolute Gasteiger partial charge is 0.246 e. The van der Waals surface area contributed by atoms with Crippen molar-refractivity contribution in [1.82, 2.24) is 0 Å². The zero-order chi connectivity index (χ0) is 14.4. The molecular weight excluding hydrogens is 230 g/mol. The molecule has 0 aromatic carbocycles. The summed E-state index contributed by atoms with van der Waals surface area (Å²) in [5.74, 6) is 5.92. The molecule has 0 spiro atoms. The van der Waals surface area contributed by atoms with Gasteiger partial charge in [0, 0.05) is 0 Å². The first kappa shape index (κ1) is 17.4. The Morgan fingerprint density at radius 3 is 1.28 bits per heavy atom. The molecule has 106 valence electrons. The van der Waals surface area contributed by atoms with Crippen LogP contribution in [0.5, 0.6) is 0 Å². The minimum atomic E-state index is -0.949. The molecule has 0 bridgehead atoms. The van der Waals surface area contributed by atoms with Crippen LogP contribution in [0.3, 0.4) is 0 Å². The minimum absolute atomic E-state index is 0.510. The van der Waals surface area contributed by atoms with Crippen LogP contribution >= 0.6 is 0 Å². The minimum Gasteiger partial charge on any atom is -0.246 e. The molecule has 0 nitrogen and oxygen atoms in total. The molecule has 0 fully saturated rings. The summed E-state index contributed by atoms with van der Waals surface area (Å²) in [6.45, 7) is 11.1. The second kappa shape index (κ2) is 7.12. The fraction of sp³-hybridized carbons (Fsp3) is 0.875. The van der Waals surface area contributed by atoms with E-state index in [-0.39, 0.29) is 0 Å². The highest BCUT2D eigenvalue weighted by Gasteiger charge is 2.30. The Morgan fingerprint density at radius 2 is 1.06 bits per heavy atom. The molecular formula is C16H28F2. The van der Waals surface area contributed by atoms with E-state index in [0.29, 0.717) is 12.8 Å². The third kappa shape index (κ3) is 5.38. The molecule has 0 N–H and O–H groups in total. The first-order valence-corrected chi connectivity index (χ1v) is 6.99. The molecule has 0 rings (SSSR count). The summed E-state index contributed by atoms with van der Waals surface area (Å²) in [6.07, 6.45) is 0.728. The Labute approximate surface area is 112 Å². The van der Waals surface area contributed by atoms with Gasteiger partial charge in [0.1, 0.15) is 12.3 Å². The highest BCUT2D eigenvalue weighted by Crippen LogP contribution is 2.30. The van der Waals surface area contributed by atoms with Gasteiger partial charge in [-0.25, -0.2) is 8.78 Å². The maximum Gasteiger partial charge on any atom is 0.116 e. The quantitative estimate of drug-likeness (QED) is 0.566. The smallest absolute Gasteiger partial charge is 0.116 e. The summed E-state index contributed by atoms with van der Waals surface area (Å²) in [5.41, 5.74) is -1.39. The van der Waals surface area contributed by atoms with Crippen molar-refractivity contribution in [3.63, 3.8) is 0 Å². The average molecular weight is 258 g/mol. The zero-order valence-corrected chi connectivity index (χ0v) is 12.7. The van der Waals surface area contributed by atoms with E-state index in [2.05, 4.69) is 11.8 Å². The molecule has 0 heterocycles. The van der Waals surface area contributed by atoms with Gasteiger partial charge in [-0.05, 0) is 40.5 Å². The maximum atomic E-state index is 13.9. The van der Waals surface area contributed by atoms with Crippen LogP contribution in [0.1, 0.15) is 67.2 Å². The predicted molar refractivity (Wildman–Crippen MR) is 74.9 cm³/mol. The van der Waals surface area contributed by atoms with Crippen molar-refractivity contribution in [2.24, 2.45) is 10.8 Å². The van der Waals surface area contributed by atoms with E-state index >= 15 is 0 Å². The molecule has 0 aliphatic heterocycles. The lowest BCUT2D eigenvalue weighted by Gasteiger charge is -2.26. The summed E-state index contributed by atoms with van der Waals surface area (Å²) in [4.78, 5) is 0. The van der Waals surface area contributed by atoms with Crippen LogP contribution < -0.4 is 0 Å². The van der Waals surface area contributed by atoms with Crippen LogP contribution in [0.4, 0.5) is 8.78 Å². The van der Waals surface area contributed by atoms with Crippen molar-refractivity contribution in [2.45, 2.75) is 79.6 Å². The highest BCUT2D eigenvalue weighted by atomic mass is 19.1. The highest BCUT2D eigenvalue weighted by molar-refractivity contribution is 5.18. The normalized spacial score (nSPS) is 15.8. The van der Waals surface area contributed by atoms with E-state index in [1.807, 2.05) is 13.8 Å². The number of alkyl halides is 2. The molecule has 0 aromatic heterocycles. The summed E-state index contributed by atoms with van der Waals surface area (Å²) in [5, 5.41) is 0. The van der Waals surface area contributed by atoms with Crippen molar-refractivity contribution >= 4 is 0 Å². The molecule has 0 saturated carbocycles. The molecule has 0 aliphatic rings. The Kier molecular flexibility index (Phi) is 6.89. The Bertz CT molecular complexity index is 266. The fourth-order valence-corrected chi connectivity index (χ4v) is 1.71. The zero-order valence-electron chi connectivity index (χ0n) is 12.7. The van der Waals surface area contributed by atoms with Crippen molar-refractivity contribution in [3.8, 4) is 11.8 Å². The number of rotatable bonds is 6. The van der Waals surface area contributed by atoms with E-state index in [4.69, 9.17) is 0 Å². The van der Waals surface area contributed by atoms with Crippen LogP contribution in [0, 0.1) is 22.7 Å². The summed E-state index contributed by atoms with van der Waals surface area (Å²) in [7, 11) is 0. The summed E-state index contributed by atoms with van der Waals surface area (Å²) < 4.78 is 27.8. The molecule has 18 heavy (non-hydrogen) atoms. The predicted octanol–water partition coefficient (Wildman–Crippen LogP) is 5.32. The van der Waals surface area contributed by atoms with Gasteiger partial charge in [-0.1, -0.05) is 38.5 Å². The monoisotopic (exact) mass is 258 g/mol. The first-order valence-electron chi connectivity index (χ1n) is 6.99. The van der Waals surface area contributed by atoms with Gasteiger partial charge in [-0.3, -0.25) is 0 Å². The van der Waals surface area contributed by atoms with E-state index in [0.717, 1.165) is 12.8 Å². The fourth-order valence-electron chi connectivity index (χ4n) is 1.71. The van der Waals surface area contributed by atoms with Crippen LogP contribution in [0.15, 0.2) is 0 Å². The van der Waals surface area contributed by atoms with Gasteiger partial charge in [-0.15, -0.1) is 0 Å². The Hall–Kier alpha value is -0.580. The third-order valence-corrected chi connectivity index (χ3v) is 3.36. The lowest BCUT2D eigenvalue weighted by Crippen LogP contribution is -2.27. The summed E-state index contributed by atoms with van der Waals surface area (Å²) >= 11 is 0. The molecule has 0 aliphatic carbocycles. The molecule has 2 atom stereocenters. The van der Waals surface area contributed by atoms with Gasteiger partial charge in [0.2, 0.25) is 0 Å². The van der Waals surface area contributed by atoms with Crippen molar-refractivity contribution in [1.29, 1.82) is 0 Å². The Morgan fingerprint density at radius 1 is 0.778 bits per heavy atom. The number of halogens is 2. The van der Waals surface area contributed by atoms with Crippen LogP contribution in [-0.4, -0.2) is 12.3 Å². The van der Waals surface area contributed by atoms with Gasteiger partial charge in [0.15, 0.2) is 0 Å². The molecule has 0 aromatic rings. The Balaban J connectivity index is 4.81. The second-order valence-corrected chi connectivity index (χ2v) is 6.21. The SMILES string of the molecule is CCCC(F)C(C)(C)C#CC(C)(C)C(F)CCC. The molecule has 2 heteroatoms. The number of hydrogen-bond acceptors (Lipinski definition) is 0. The van der Waals surface area contributed by atoms with E-state index in [1.165, 1.54) is 0 Å². The summed E-state index contributed by atoms with van der Waals surface area (Å²) in [6, 6.07) is 0. The van der Waals surface area contributed by atoms with Crippen LogP contribution in [-0.2, 0) is 0 Å². The van der Waals surface area contributed by atoms with Gasteiger partial charge >= 0.3 is 0 Å². The van der Waals surface area contributed by atoms with Crippen molar-refractivity contribution in [3.05, 3.63) is 0 Å². The molecule has 2 unspecified atom stereocenters. The van der Waals surface area contributed by atoms with E-state index < -0.39 is 23.2 Å². The van der Waals surface area contributed by atoms with Crippen molar-refractivity contribution < 1.29 is 8.78 Å². The lowest BCUT2D eigenvalue weighted by atomic mass is 9.81. The van der Waals surface area contributed by atoms with E-state index in [1.54, 1.807) is 27.7 Å².